The maximum Gasteiger partial charge on any atom is 0.261 e. The highest BCUT2D eigenvalue weighted by molar-refractivity contribution is 7.91. The Labute approximate surface area is 151 Å². The number of nitrogens with one attached hydrogen (secondary N) is 2. The van der Waals surface area contributed by atoms with Crippen molar-refractivity contribution in [3.05, 3.63) is 46.7 Å². The molecule has 8 heteroatoms. The number of rotatable bonds is 8. The van der Waals surface area contributed by atoms with E-state index in [1.807, 2.05) is 11.4 Å². The third-order valence-corrected chi connectivity index (χ3v) is 6.11. The lowest BCUT2D eigenvalue weighted by Gasteiger charge is -2.07. The molecule has 25 heavy (non-hydrogen) atoms. The van der Waals surface area contributed by atoms with Gasteiger partial charge in [-0.15, -0.1) is 11.3 Å². The fourth-order valence-electron chi connectivity index (χ4n) is 2.08. The number of carbonyl (C=O) groups is 2. The van der Waals surface area contributed by atoms with Crippen LogP contribution in [0, 0.1) is 0 Å². The summed E-state index contributed by atoms with van der Waals surface area (Å²) < 4.78 is 23.5. The van der Waals surface area contributed by atoms with Crippen LogP contribution in [0.15, 0.2) is 46.7 Å². The molecule has 0 radical (unpaired) electrons. The monoisotopic (exact) mass is 380 g/mol. The van der Waals surface area contributed by atoms with Crippen LogP contribution in [0.5, 0.6) is 0 Å². The molecule has 0 saturated carbocycles. The molecule has 1 aromatic heterocycles. The van der Waals surface area contributed by atoms with E-state index in [-0.39, 0.29) is 28.9 Å². The predicted molar refractivity (Wildman–Crippen MR) is 98.7 cm³/mol. The van der Waals surface area contributed by atoms with E-state index in [0.29, 0.717) is 23.5 Å². The Morgan fingerprint density at radius 2 is 1.84 bits per heavy atom. The summed E-state index contributed by atoms with van der Waals surface area (Å²) in [4.78, 5) is 24.5. The van der Waals surface area contributed by atoms with Crippen LogP contribution in [0.3, 0.4) is 0 Å². The summed E-state index contributed by atoms with van der Waals surface area (Å²) in [6.45, 7) is 2.00. The van der Waals surface area contributed by atoms with E-state index >= 15 is 0 Å². The minimum atomic E-state index is -3.24. The van der Waals surface area contributed by atoms with Gasteiger partial charge in [-0.05, 0) is 42.1 Å². The number of amides is 2. The SMILES string of the molecule is CCS(=O)(=O)c1ccc(NC(=O)CCCNC(=O)c2cccs2)cc1. The third-order valence-electron chi connectivity index (χ3n) is 3.49. The minimum absolute atomic E-state index is 0.0376. The van der Waals surface area contributed by atoms with E-state index < -0.39 is 9.84 Å². The van der Waals surface area contributed by atoms with Gasteiger partial charge in [0.1, 0.15) is 0 Å². The van der Waals surface area contributed by atoms with Crippen molar-refractivity contribution in [2.45, 2.75) is 24.7 Å². The van der Waals surface area contributed by atoms with Gasteiger partial charge in [0.15, 0.2) is 9.84 Å². The molecule has 2 N–H and O–H groups in total. The minimum Gasteiger partial charge on any atom is -0.351 e. The van der Waals surface area contributed by atoms with Crippen molar-refractivity contribution in [3.63, 3.8) is 0 Å². The Morgan fingerprint density at radius 3 is 2.44 bits per heavy atom. The summed E-state index contributed by atoms with van der Waals surface area (Å²) >= 11 is 1.37. The molecule has 134 valence electrons. The highest BCUT2D eigenvalue weighted by Gasteiger charge is 2.11. The molecule has 6 nitrogen and oxygen atoms in total. The maximum absolute atomic E-state index is 11.9. The Balaban J connectivity index is 1.74. The molecule has 0 fully saturated rings. The van der Waals surface area contributed by atoms with Gasteiger partial charge in [-0.25, -0.2) is 8.42 Å². The zero-order valence-electron chi connectivity index (χ0n) is 13.8. The van der Waals surface area contributed by atoms with Crippen LogP contribution in [0.2, 0.25) is 0 Å². The Hall–Kier alpha value is -2.19. The highest BCUT2D eigenvalue weighted by Crippen LogP contribution is 2.15. The van der Waals surface area contributed by atoms with Crippen molar-refractivity contribution in [3.8, 4) is 0 Å². The summed E-state index contributed by atoms with van der Waals surface area (Å²) in [6, 6.07) is 9.66. The van der Waals surface area contributed by atoms with Crippen molar-refractivity contribution in [1.82, 2.24) is 5.32 Å². The number of carbonyl (C=O) groups excluding carboxylic acids is 2. The second kappa shape index (κ2) is 8.77. The second-order valence-electron chi connectivity index (χ2n) is 5.31. The first-order valence-corrected chi connectivity index (χ1v) is 10.4. The quantitative estimate of drug-likeness (QED) is 0.689. The van der Waals surface area contributed by atoms with Gasteiger partial charge in [-0.2, -0.15) is 0 Å². The Morgan fingerprint density at radius 1 is 1.12 bits per heavy atom. The van der Waals surface area contributed by atoms with Gasteiger partial charge in [-0.1, -0.05) is 13.0 Å². The standard InChI is InChI=1S/C17H20N2O4S2/c1-2-25(22,23)14-9-7-13(8-10-14)19-16(20)6-3-11-18-17(21)15-5-4-12-24-15/h4-5,7-10,12H,2-3,6,11H2,1H3,(H,18,21)(H,19,20). The predicted octanol–water partition coefficient (Wildman–Crippen LogP) is 2.69. The molecule has 0 spiro atoms. The third kappa shape index (κ3) is 5.68. The van der Waals surface area contributed by atoms with Crippen LogP contribution in [-0.4, -0.2) is 32.5 Å². The first-order chi connectivity index (χ1) is 11.9. The summed E-state index contributed by atoms with van der Waals surface area (Å²) in [6.07, 6.45) is 0.783. The maximum atomic E-state index is 11.9. The van der Waals surface area contributed by atoms with E-state index in [2.05, 4.69) is 10.6 Å². The number of thiophene rings is 1. The molecule has 2 rings (SSSR count). The smallest absolute Gasteiger partial charge is 0.261 e. The molecule has 0 aliphatic rings. The number of sulfone groups is 1. The number of benzene rings is 1. The van der Waals surface area contributed by atoms with Crippen LogP contribution >= 0.6 is 11.3 Å². The molecular weight excluding hydrogens is 360 g/mol. The van der Waals surface area contributed by atoms with Gasteiger partial charge >= 0.3 is 0 Å². The molecule has 2 aromatic rings. The topological polar surface area (TPSA) is 92.3 Å². The molecule has 0 bridgehead atoms. The molecule has 0 aliphatic carbocycles. The zero-order valence-corrected chi connectivity index (χ0v) is 15.5. The summed E-state index contributed by atoms with van der Waals surface area (Å²) in [5.74, 6) is -0.282. The van der Waals surface area contributed by atoms with Gasteiger partial charge in [0.05, 0.1) is 15.5 Å². The van der Waals surface area contributed by atoms with Crippen molar-refractivity contribution < 1.29 is 18.0 Å². The molecule has 0 aliphatic heterocycles. The van der Waals surface area contributed by atoms with Crippen LogP contribution in [-0.2, 0) is 14.6 Å². The summed E-state index contributed by atoms with van der Waals surface area (Å²) in [7, 11) is -3.24. The number of anilines is 1. The van der Waals surface area contributed by atoms with Gasteiger partial charge in [0, 0.05) is 18.7 Å². The van der Waals surface area contributed by atoms with Gasteiger partial charge in [-0.3, -0.25) is 9.59 Å². The van der Waals surface area contributed by atoms with Crippen molar-refractivity contribution in [2.24, 2.45) is 0 Å². The first-order valence-electron chi connectivity index (χ1n) is 7.87. The van der Waals surface area contributed by atoms with E-state index in [0.717, 1.165) is 0 Å². The molecule has 0 atom stereocenters. The first kappa shape index (κ1) is 19.1. The van der Waals surface area contributed by atoms with Crippen molar-refractivity contribution in [1.29, 1.82) is 0 Å². The van der Waals surface area contributed by atoms with E-state index in [4.69, 9.17) is 0 Å². The lowest BCUT2D eigenvalue weighted by atomic mass is 10.2. The van der Waals surface area contributed by atoms with Crippen molar-refractivity contribution in [2.75, 3.05) is 17.6 Å². The Bertz CT molecular complexity index is 813. The average molecular weight is 380 g/mol. The molecule has 0 saturated heterocycles. The molecule has 1 heterocycles. The van der Waals surface area contributed by atoms with E-state index in [1.165, 1.54) is 23.5 Å². The van der Waals surface area contributed by atoms with Gasteiger partial charge < -0.3 is 10.6 Å². The molecular formula is C17H20N2O4S2. The fraction of sp³-hybridized carbons (Fsp3) is 0.294. The lowest BCUT2D eigenvalue weighted by Crippen LogP contribution is -2.24. The van der Waals surface area contributed by atoms with Crippen LogP contribution in [0.1, 0.15) is 29.4 Å². The van der Waals surface area contributed by atoms with Crippen LogP contribution in [0.4, 0.5) is 5.69 Å². The normalized spacial score (nSPS) is 11.1. The summed E-state index contributed by atoms with van der Waals surface area (Å²) in [5.41, 5.74) is 0.544. The molecule has 1 aromatic carbocycles. The number of hydrogen-bond acceptors (Lipinski definition) is 5. The largest absolute Gasteiger partial charge is 0.351 e. The lowest BCUT2D eigenvalue weighted by molar-refractivity contribution is -0.116. The van der Waals surface area contributed by atoms with Crippen LogP contribution in [0.25, 0.3) is 0 Å². The zero-order chi connectivity index (χ0) is 18.3. The van der Waals surface area contributed by atoms with Crippen molar-refractivity contribution >= 4 is 38.7 Å². The van der Waals surface area contributed by atoms with Gasteiger partial charge in [0.2, 0.25) is 5.91 Å². The van der Waals surface area contributed by atoms with Crippen LogP contribution < -0.4 is 10.6 Å². The molecule has 0 unspecified atom stereocenters. The molecule has 2 amide bonds. The average Bonchev–Trinajstić information content (AvgIpc) is 3.14. The van der Waals surface area contributed by atoms with E-state index in [1.54, 1.807) is 25.1 Å². The fourth-order valence-corrected chi connectivity index (χ4v) is 3.61. The van der Waals surface area contributed by atoms with Gasteiger partial charge in [0.25, 0.3) is 5.91 Å². The number of hydrogen-bond donors (Lipinski definition) is 2. The Kier molecular flexibility index (Phi) is 6.72. The van der Waals surface area contributed by atoms with E-state index in [9.17, 15) is 18.0 Å². The second-order valence-corrected chi connectivity index (χ2v) is 8.54. The highest BCUT2D eigenvalue weighted by atomic mass is 32.2. The summed E-state index contributed by atoms with van der Waals surface area (Å²) in [5, 5.41) is 7.30.